The van der Waals surface area contributed by atoms with Gasteiger partial charge >= 0.3 is 0 Å². The number of nitro groups is 1. The number of nitrogens with one attached hydrogen (secondary N) is 1. The molecule has 0 unspecified atom stereocenters. The van der Waals surface area contributed by atoms with Crippen molar-refractivity contribution in [1.29, 1.82) is 0 Å². The lowest BCUT2D eigenvalue weighted by molar-refractivity contribution is -0.384. The summed E-state index contributed by atoms with van der Waals surface area (Å²) < 4.78 is 13.4. The number of H-pyrrole nitrogens is 1. The van der Waals surface area contributed by atoms with Gasteiger partial charge in [-0.15, -0.1) is 0 Å². The Morgan fingerprint density at radius 1 is 1.03 bits per heavy atom. The van der Waals surface area contributed by atoms with E-state index in [0.717, 1.165) is 27.7 Å². The number of carbonyl (C=O) groups excluding carboxylic acids is 1. The summed E-state index contributed by atoms with van der Waals surface area (Å²) in [7, 11) is 0. The van der Waals surface area contributed by atoms with E-state index >= 15 is 0 Å². The van der Waals surface area contributed by atoms with Gasteiger partial charge in [-0.2, -0.15) is 0 Å². The molecular formula is C24H18FN3O3. The van der Waals surface area contributed by atoms with Gasteiger partial charge in [-0.3, -0.25) is 14.9 Å². The average molecular weight is 415 g/mol. The average Bonchev–Trinajstić information content (AvgIpc) is 3.17. The number of hydrogen-bond donors (Lipinski definition) is 1. The first kappa shape index (κ1) is 19.0. The van der Waals surface area contributed by atoms with Crippen molar-refractivity contribution >= 4 is 22.5 Å². The molecule has 7 heteroatoms. The smallest absolute Gasteiger partial charge is 0.269 e. The predicted molar refractivity (Wildman–Crippen MR) is 114 cm³/mol. The summed E-state index contributed by atoms with van der Waals surface area (Å²) in [6, 6.07) is 19.3. The Morgan fingerprint density at radius 3 is 2.45 bits per heavy atom. The van der Waals surface area contributed by atoms with Crippen molar-refractivity contribution in [2.45, 2.75) is 12.5 Å². The number of amides is 1. The number of fused-ring (bicyclic) bond motifs is 3. The summed E-state index contributed by atoms with van der Waals surface area (Å²) in [5, 5.41) is 12.2. The number of benzene rings is 3. The third-order valence-electron chi connectivity index (χ3n) is 5.81. The minimum atomic E-state index is -0.444. The van der Waals surface area contributed by atoms with Crippen LogP contribution in [0.5, 0.6) is 0 Å². The van der Waals surface area contributed by atoms with Gasteiger partial charge < -0.3 is 9.88 Å². The Morgan fingerprint density at radius 2 is 1.74 bits per heavy atom. The maximum absolute atomic E-state index is 13.4. The molecule has 5 rings (SSSR count). The van der Waals surface area contributed by atoms with Gasteiger partial charge in [0, 0.05) is 40.8 Å². The molecule has 31 heavy (non-hydrogen) atoms. The molecule has 0 saturated heterocycles. The van der Waals surface area contributed by atoms with Crippen molar-refractivity contribution in [3.05, 3.63) is 111 Å². The van der Waals surface area contributed by atoms with Gasteiger partial charge in [0.2, 0.25) is 0 Å². The van der Waals surface area contributed by atoms with Crippen LogP contribution in [-0.4, -0.2) is 27.3 Å². The van der Waals surface area contributed by atoms with E-state index in [-0.39, 0.29) is 11.6 Å². The van der Waals surface area contributed by atoms with Crippen molar-refractivity contribution in [2.24, 2.45) is 0 Å². The Labute approximate surface area is 177 Å². The quantitative estimate of drug-likeness (QED) is 0.378. The maximum atomic E-state index is 13.4. The molecule has 0 bridgehead atoms. The molecule has 1 atom stereocenters. The second kappa shape index (κ2) is 7.36. The SMILES string of the molecule is O=C(c1ccc(F)cc1)N1CCc2c([nH]c3ccccc23)[C@@H]1c1ccc([N+](=O)[O-])cc1. The molecule has 154 valence electrons. The highest BCUT2D eigenvalue weighted by molar-refractivity contribution is 5.95. The van der Waals surface area contributed by atoms with Crippen molar-refractivity contribution in [1.82, 2.24) is 9.88 Å². The first-order chi connectivity index (χ1) is 15.0. The molecule has 3 aromatic carbocycles. The van der Waals surface area contributed by atoms with Gasteiger partial charge in [-0.25, -0.2) is 4.39 Å². The fraction of sp³-hybridized carbons (Fsp3) is 0.125. The highest BCUT2D eigenvalue weighted by Gasteiger charge is 2.35. The van der Waals surface area contributed by atoms with Crippen molar-refractivity contribution < 1.29 is 14.1 Å². The Bertz CT molecular complexity index is 1300. The number of halogens is 1. The molecule has 0 radical (unpaired) electrons. The molecule has 6 nitrogen and oxygen atoms in total. The second-order valence-corrected chi connectivity index (χ2v) is 7.57. The lowest BCUT2D eigenvalue weighted by atomic mass is 9.91. The number of aromatic nitrogens is 1. The topological polar surface area (TPSA) is 79.2 Å². The van der Waals surface area contributed by atoms with Crippen molar-refractivity contribution in [2.75, 3.05) is 6.54 Å². The molecule has 1 aliphatic rings. The van der Waals surface area contributed by atoms with E-state index in [1.165, 1.54) is 36.4 Å². The summed E-state index contributed by atoms with van der Waals surface area (Å²) in [6.07, 6.45) is 0.676. The fourth-order valence-corrected chi connectivity index (χ4v) is 4.34. The summed E-state index contributed by atoms with van der Waals surface area (Å²) in [5.74, 6) is -0.618. The van der Waals surface area contributed by atoms with Gasteiger partial charge in [0.25, 0.3) is 11.6 Å². The van der Waals surface area contributed by atoms with Crippen LogP contribution < -0.4 is 0 Å². The Balaban J connectivity index is 1.64. The summed E-state index contributed by atoms with van der Waals surface area (Å²) in [5.41, 5.74) is 4.18. The largest absolute Gasteiger partial charge is 0.356 e. The number of aromatic amines is 1. The van der Waals surface area contributed by atoms with Crippen LogP contribution in [0.2, 0.25) is 0 Å². The maximum Gasteiger partial charge on any atom is 0.269 e. The minimum Gasteiger partial charge on any atom is -0.356 e. The number of non-ortho nitro benzene ring substituents is 1. The predicted octanol–water partition coefficient (Wildman–Crippen LogP) is 5.00. The van der Waals surface area contributed by atoms with Crippen molar-refractivity contribution in [3.8, 4) is 0 Å². The first-order valence-corrected chi connectivity index (χ1v) is 9.93. The van der Waals surface area contributed by atoms with Gasteiger partial charge in [0.1, 0.15) is 5.82 Å². The standard InChI is InChI=1S/C24H18FN3O3/c25-17-9-5-16(6-10-17)24(29)27-14-13-20-19-3-1-2-4-21(19)26-22(20)23(27)15-7-11-18(12-8-15)28(30)31/h1-12,23,26H,13-14H2/t23-/m0/s1. The third kappa shape index (κ3) is 3.24. The van der Waals surface area contributed by atoms with E-state index in [4.69, 9.17) is 0 Å². The van der Waals surface area contributed by atoms with Crippen LogP contribution in [0.15, 0.2) is 72.8 Å². The highest BCUT2D eigenvalue weighted by atomic mass is 19.1. The summed E-state index contributed by atoms with van der Waals surface area (Å²) >= 11 is 0. The molecule has 0 fully saturated rings. The number of para-hydroxylation sites is 1. The van der Waals surface area contributed by atoms with E-state index in [1.54, 1.807) is 17.0 Å². The number of rotatable bonds is 3. The van der Waals surface area contributed by atoms with E-state index in [9.17, 15) is 19.3 Å². The van der Waals surface area contributed by atoms with Gasteiger partial charge in [0.15, 0.2) is 0 Å². The number of nitrogens with zero attached hydrogens (tertiary/aromatic N) is 2. The molecule has 1 N–H and O–H groups in total. The molecule has 0 aliphatic carbocycles. The summed E-state index contributed by atoms with van der Waals surface area (Å²) in [4.78, 5) is 29.2. The minimum absolute atomic E-state index is 0.00663. The van der Waals surface area contributed by atoms with Crippen LogP contribution in [0, 0.1) is 15.9 Å². The van der Waals surface area contributed by atoms with Crippen LogP contribution in [0.4, 0.5) is 10.1 Å². The Hall–Kier alpha value is -4.00. The lowest BCUT2D eigenvalue weighted by Crippen LogP contribution is -2.40. The number of nitro benzene ring substituents is 1. The Kier molecular flexibility index (Phi) is 4.51. The molecule has 0 saturated carbocycles. The zero-order chi connectivity index (χ0) is 21.5. The van der Waals surface area contributed by atoms with E-state index in [2.05, 4.69) is 11.1 Å². The van der Waals surface area contributed by atoms with Crippen LogP contribution in [-0.2, 0) is 6.42 Å². The van der Waals surface area contributed by atoms with Gasteiger partial charge in [0.05, 0.1) is 11.0 Å². The van der Waals surface area contributed by atoms with Crippen LogP contribution in [0.25, 0.3) is 10.9 Å². The van der Waals surface area contributed by atoms with Crippen LogP contribution >= 0.6 is 0 Å². The second-order valence-electron chi connectivity index (χ2n) is 7.57. The highest BCUT2D eigenvalue weighted by Crippen LogP contribution is 2.39. The monoisotopic (exact) mass is 415 g/mol. The third-order valence-corrected chi connectivity index (χ3v) is 5.81. The van der Waals surface area contributed by atoms with E-state index < -0.39 is 16.8 Å². The van der Waals surface area contributed by atoms with Crippen LogP contribution in [0.3, 0.4) is 0 Å². The zero-order valence-corrected chi connectivity index (χ0v) is 16.4. The molecule has 2 heterocycles. The lowest BCUT2D eigenvalue weighted by Gasteiger charge is -2.36. The number of carbonyl (C=O) groups is 1. The molecule has 1 aromatic heterocycles. The van der Waals surface area contributed by atoms with Crippen LogP contribution in [0.1, 0.15) is 33.2 Å². The van der Waals surface area contributed by atoms with Gasteiger partial charge in [-0.1, -0.05) is 18.2 Å². The number of hydrogen-bond acceptors (Lipinski definition) is 3. The first-order valence-electron chi connectivity index (χ1n) is 9.93. The van der Waals surface area contributed by atoms with Crippen molar-refractivity contribution in [3.63, 3.8) is 0 Å². The zero-order valence-electron chi connectivity index (χ0n) is 16.4. The molecule has 1 amide bonds. The van der Waals surface area contributed by atoms with Gasteiger partial charge in [-0.05, 0) is 60.0 Å². The molecule has 0 spiro atoms. The summed E-state index contributed by atoms with van der Waals surface area (Å²) in [6.45, 7) is 0.479. The van der Waals surface area contributed by atoms with E-state index in [1.807, 2.05) is 18.2 Å². The fourth-order valence-electron chi connectivity index (χ4n) is 4.34. The van der Waals surface area contributed by atoms with E-state index in [0.29, 0.717) is 18.5 Å². The molecule has 4 aromatic rings. The normalized spacial score (nSPS) is 15.6. The molecular weight excluding hydrogens is 397 g/mol. The molecule has 1 aliphatic heterocycles.